The number of nitrogens with two attached hydrogens (primary N) is 1. The monoisotopic (exact) mass is 266 g/mol. The van der Waals surface area contributed by atoms with Gasteiger partial charge in [0, 0.05) is 26.7 Å². The Morgan fingerprint density at radius 3 is 2.47 bits per heavy atom. The average molecular weight is 266 g/mol. The highest BCUT2D eigenvalue weighted by molar-refractivity contribution is 5.79. The number of hydrogen-bond acceptors (Lipinski definition) is 4. The number of carbonyl (C=O) groups excluding carboxylic acids is 1. The zero-order valence-electron chi connectivity index (χ0n) is 12.0. The molecule has 0 saturated carbocycles. The molecule has 1 atom stereocenters. The molecule has 0 spiro atoms. The van der Waals surface area contributed by atoms with Crippen molar-refractivity contribution in [1.29, 1.82) is 0 Å². The maximum absolute atomic E-state index is 12.0. The first-order valence-electron chi connectivity index (χ1n) is 6.15. The van der Waals surface area contributed by atoms with E-state index in [1.54, 1.807) is 33.2 Å². The van der Waals surface area contributed by atoms with Crippen molar-refractivity contribution in [2.24, 2.45) is 11.7 Å². The summed E-state index contributed by atoms with van der Waals surface area (Å²) >= 11 is 0. The van der Waals surface area contributed by atoms with Crippen LogP contribution in [0, 0.1) is 5.92 Å². The zero-order valence-corrected chi connectivity index (χ0v) is 12.0. The first-order valence-corrected chi connectivity index (χ1v) is 6.15. The molecular weight excluding hydrogens is 244 g/mol. The molecule has 1 rings (SSSR count). The molecular formula is C14H22N2O3. The largest absolute Gasteiger partial charge is 0.497 e. The van der Waals surface area contributed by atoms with Crippen molar-refractivity contribution in [3.8, 4) is 11.5 Å². The summed E-state index contributed by atoms with van der Waals surface area (Å²) in [6.07, 6.45) is 0.556. The van der Waals surface area contributed by atoms with Crippen molar-refractivity contribution >= 4 is 5.91 Å². The van der Waals surface area contributed by atoms with Gasteiger partial charge in [-0.3, -0.25) is 4.79 Å². The van der Waals surface area contributed by atoms with Crippen molar-refractivity contribution in [1.82, 2.24) is 4.90 Å². The van der Waals surface area contributed by atoms with Gasteiger partial charge in [-0.05, 0) is 18.1 Å². The SMILES string of the molecule is COc1ccc(CC(CN)C(=O)N(C)C)c(OC)c1. The van der Waals surface area contributed by atoms with Gasteiger partial charge in [-0.2, -0.15) is 0 Å². The van der Waals surface area contributed by atoms with Crippen LogP contribution in [0.2, 0.25) is 0 Å². The van der Waals surface area contributed by atoms with Gasteiger partial charge in [-0.25, -0.2) is 0 Å². The molecule has 0 aliphatic rings. The molecule has 0 heterocycles. The van der Waals surface area contributed by atoms with Crippen LogP contribution in [0.25, 0.3) is 0 Å². The average Bonchev–Trinajstić information content (AvgIpc) is 2.43. The number of amides is 1. The van der Waals surface area contributed by atoms with E-state index in [-0.39, 0.29) is 11.8 Å². The number of methoxy groups -OCH3 is 2. The smallest absolute Gasteiger partial charge is 0.226 e. The molecule has 5 nitrogen and oxygen atoms in total. The first-order chi connectivity index (χ1) is 9.03. The Kier molecular flexibility index (Phi) is 5.63. The van der Waals surface area contributed by atoms with Crippen LogP contribution in [0.5, 0.6) is 11.5 Å². The Balaban J connectivity index is 2.93. The molecule has 5 heteroatoms. The van der Waals surface area contributed by atoms with Gasteiger partial charge < -0.3 is 20.1 Å². The number of rotatable bonds is 6. The maximum atomic E-state index is 12.0. The third-order valence-corrected chi connectivity index (χ3v) is 3.04. The lowest BCUT2D eigenvalue weighted by atomic mass is 9.97. The molecule has 0 aliphatic heterocycles. The molecule has 1 aromatic rings. The van der Waals surface area contributed by atoms with Crippen LogP contribution in [0.15, 0.2) is 18.2 Å². The van der Waals surface area contributed by atoms with E-state index in [9.17, 15) is 4.79 Å². The van der Waals surface area contributed by atoms with Gasteiger partial charge in [0.2, 0.25) is 5.91 Å². The Morgan fingerprint density at radius 2 is 2.00 bits per heavy atom. The molecule has 0 saturated heterocycles. The van der Waals surface area contributed by atoms with Gasteiger partial charge in [0.05, 0.1) is 20.1 Å². The fourth-order valence-corrected chi connectivity index (χ4v) is 1.92. The summed E-state index contributed by atoms with van der Waals surface area (Å²) in [5, 5.41) is 0. The highest BCUT2D eigenvalue weighted by atomic mass is 16.5. The molecule has 2 N–H and O–H groups in total. The Bertz CT molecular complexity index is 433. The normalized spacial score (nSPS) is 11.8. The van der Waals surface area contributed by atoms with E-state index in [4.69, 9.17) is 15.2 Å². The minimum atomic E-state index is -0.239. The van der Waals surface area contributed by atoms with Gasteiger partial charge >= 0.3 is 0 Å². The molecule has 1 unspecified atom stereocenters. The Morgan fingerprint density at radius 1 is 1.32 bits per heavy atom. The lowest BCUT2D eigenvalue weighted by Gasteiger charge is -2.20. The van der Waals surface area contributed by atoms with Gasteiger partial charge in [0.25, 0.3) is 0 Å². The molecule has 1 amide bonds. The van der Waals surface area contributed by atoms with E-state index in [1.165, 1.54) is 0 Å². The summed E-state index contributed by atoms with van der Waals surface area (Å²) in [6.45, 7) is 0.312. The predicted molar refractivity (Wildman–Crippen MR) is 74.5 cm³/mol. The predicted octanol–water partition coefficient (Wildman–Crippen LogP) is 0.909. The number of hydrogen-bond donors (Lipinski definition) is 1. The fourth-order valence-electron chi connectivity index (χ4n) is 1.92. The molecule has 0 aliphatic carbocycles. The summed E-state index contributed by atoms with van der Waals surface area (Å²) in [6, 6.07) is 5.57. The standard InChI is InChI=1S/C14H22N2O3/c1-16(2)14(17)11(9-15)7-10-5-6-12(18-3)8-13(10)19-4/h5-6,8,11H,7,9,15H2,1-4H3. The second kappa shape index (κ2) is 6.99. The topological polar surface area (TPSA) is 64.8 Å². The molecule has 19 heavy (non-hydrogen) atoms. The first kappa shape index (κ1) is 15.3. The molecule has 0 fully saturated rings. The lowest BCUT2D eigenvalue weighted by molar-refractivity contribution is -0.132. The highest BCUT2D eigenvalue weighted by Crippen LogP contribution is 2.26. The van der Waals surface area contributed by atoms with Crippen LogP contribution in [0.3, 0.4) is 0 Å². The van der Waals surface area contributed by atoms with Crippen molar-refractivity contribution in [2.75, 3.05) is 34.9 Å². The lowest BCUT2D eigenvalue weighted by Crippen LogP contribution is -2.35. The van der Waals surface area contributed by atoms with Crippen molar-refractivity contribution in [3.05, 3.63) is 23.8 Å². The summed E-state index contributed by atoms with van der Waals surface area (Å²) in [5.74, 6) is 1.23. The van der Waals surface area contributed by atoms with Crippen LogP contribution in [0.1, 0.15) is 5.56 Å². The summed E-state index contributed by atoms with van der Waals surface area (Å²) in [5.41, 5.74) is 6.65. The van der Waals surface area contributed by atoms with Gasteiger partial charge in [-0.1, -0.05) is 6.07 Å². The molecule has 0 bridgehead atoms. The quantitative estimate of drug-likeness (QED) is 0.831. The maximum Gasteiger partial charge on any atom is 0.226 e. The Hall–Kier alpha value is -1.75. The minimum absolute atomic E-state index is 0.0281. The van der Waals surface area contributed by atoms with Gasteiger partial charge in [0.1, 0.15) is 11.5 Å². The number of benzene rings is 1. The van der Waals surface area contributed by atoms with Gasteiger partial charge in [-0.15, -0.1) is 0 Å². The molecule has 106 valence electrons. The van der Waals surface area contributed by atoms with E-state index in [2.05, 4.69) is 0 Å². The van der Waals surface area contributed by atoms with Crippen LogP contribution in [-0.4, -0.2) is 45.7 Å². The van der Waals surface area contributed by atoms with Crippen molar-refractivity contribution in [3.63, 3.8) is 0 Å². The number of ether oxygens (including phenoxy) is 2. The summed E-state index contributed by atoms with van der Waals surface area (Å²) in [4.78, 5) is 13.5. The van der Waals surface area contributed by atoms with Crippen molar-refractivity contribution in [2.45, 2.75) is 6.42 Å². The minimum Gasteiger partial charge on any atom is -0.497 e. The summed E-state index contributed by atoms with van der Waals surface area (Å²) in [7, 11) is 6.67. The molecule has 0 aromatic heterocycles. The van der Waals surface area contributed by atoms with E-state index in [0.717, 1.165) is 11.3 Å². The Labute approximate surface area is 114 Å². The van der Waals surface area contributed by atoms with E-state index in [0.29, 0.717) is 18.7 Å². The van der Waals surface area contributed by atoms with E-state index in [1.807, 2.05) is 18.2 Å². The molecule has 1 aromatic carbocycles. The van der Waals surface area contributed by atoms with Crippen LogP contribution >= 0.6 is 0 Å². The third kappa shape index (κ3) is 3.86. The van der Waals surface area contributed by atoms with Crippen LogP contribution in [-0.2, 0) is 11.2 Å². The van der Waals surface area contributed by atoms with Crippen LogP contribution in [0.4, 0.5) is 0 Å². The van der Waals surface area contributed by atoms with Gasteiger partial charge in [0.15, 0.2) is 0 Å². The summed E-state index contributed by atoms with van der Waals surface area (Å²) < 4.78 is 10.5. The van der Waals surface area contributed by atoms with Crippen LogP contribution < -0.4 is 15.2 Å². The zero-order chi connectivity index (χ0) is 14.4. The van der Waals surface area contributed by atoms with E-state index >= 15 is 0 Å². The van der Waals surface area contributed by atoms with Crippen molar-refractivity contribution < 1.29 is 14.3 Å². The number of nitrogens with zero attached hydrogens (tertiary/aromatic N) is 1. The second-order valence-corrected chi connectivity index (χ2v) is 4.55. The highest BCUT2D eigenvalue weighted by Gasteiger charge is 2.20. The number of carbonyl (C=O) groups is 1. The van der Waals surface area contributed by atoms with E-state index < -0.39 is 0 Å². The fraction of sp³-hybridized carbons (Fsp3) is 0.500. The third-order valence-electron chi connectivity index (χ3n) is 3.04. The second-order valence-electron chi connectivity index (χ2n) is 4.55. The molecule has 0 radical (unpaired) electrons.